The van der Waals surface area contributed by atoms with E-state index in [-0.39, 0.29) is 6.04 Å². The van der Waals surface area contributed by atoms with Crippen molar-refractivity contribution in [2.75, 3.05) is 51.7 Å². The molecular formula is C23H35N5O. The molecule has 3 rings (SSSR count). The normalized spacial score (nSPS) is 16.0. The Morgan fingerprint density at radius 3 is 2.52 bits per heavy atom. The first-order valence-electron chi connectivity index (χ1n) is 10.7. The smallest absolute Gasteiger partial charge is 0.191 e. The van der Waals surface area contributed by atoms with Crippen LogP contribution >= 0.6 is 0 Å². The fourth-order valence-corrected chi connectivity index (χ4v) is 3.73. The van der Waals surface area contributed by atoms with Crippen molar-refractivity contribution in [2.45, 2.75) is 32.2 Å². The van der Waals surface area contributed by atoms with Gasteiger partial charge in [0.15, 0.2) is 5.96 Å². The molecule has 1 fully saturated rings. The zero-order chi connectivity index (χ0) is 20.5. The van der Waals surface area contributed by atoms with E-state index in [4.69, 9.17) is 9.41 Å². The van der Waals surface area contributed by atoms with Crippen LogP contribution in [0.3, 0.4) is 0 Å². The molecule has 6 heteroatoms. The van der Waals surface area contributed by atoms with E-state index >= 15 is 0 Å². The summed E-state index contributed by atoms with van der Waals surface area (Å²) >= 11 is 0. The predicted molar refractivity (Wildman–Crippen MR) is 121 cm³/mol. The van der Waals surface area contributed by atoms with Gasteiger partial charge < -0.3 is 20.0 Å². The fraction of sp³-hybridized carbons (Fsp3) is 0.522. The number of anilines is 1. The van der Waals surface area contributed by atoms with Crippen LogP contribution in [-0.2, 0) is 6.42 Å². The Balaban J connectivity index is 1.56. The highest BCUT2D eigenvalue weighted by Gasteiger charge is 2.25. The molecular weight excluding hydrogens is 362 g/mol. The van der Waals surface area contributed by atoms with Gasteiger partial charge in [-0.2, -0.15) is 0 Å². The molecule has 1 unspecified atom stereocenters. The number of hydrogen-bond acceptors (Lipinski definition) is 4. The van der Waals surface area contributed by atoms with Crippen molar-refractivity contribution in [3.05, 3.63) is 54.0 Å². The van der Waals surface area contributed by atoms with Crippen LogP contribution in [0.15, 0.2) is 52.1 Å². The first-order chi connectivity index (χ1) is 14.2. The van der Waals surface area contributed by atoms with Gasteiger partial charge in [-0.1, -0.05) is 12.1 Å². The summed E-state index contributed by atoms with van der Waals surface area (Å²) in [6.07, 6.45) is 5.23. The Bertz CT molecular complexity index is 733. The summed E-state index contributed by atoms with van der Waals surface area (Å²) in [6.45, 7) is 6.73. The van der Waals surface area contributed by atoms with Gasteiger partial charge in [0.1, 0.15) is 5.76 Å². The molecule has 1 aliphatic rings. The Labute approximate surface area is 175 Å². The monoisotopic (exact) mass is 397 g/mol. The minimum Gasteiger partial charge on any atom is -0.468 e. The third kappa shape index (κ3) is 6.26. The highest BCUT2D eigenvalue weighted by molar-refractivity contribution is 5.79. The lowest BCUT2D eigenvalue weighted by atomic mass is 10.1. The summed E-state index contributed by atoms with van der Waals surface area (Å²) in [5.41, 5.74) is 2.55. The lowest BCUT2D eigenvalue weighted by molar-refractivity contribution is 0.221. The van der Waals surface area contributed by atoms with Crippen LogP contribution < -0.4 is 15.5 Å². The van der Waals surface area contributed by atoms with E-state index in [2.05, 4.69) is 71.8 Å². The van der Waals surface area contributed by atoms with Crippen molar-refractivity contribution in [3.63, 3.8) is 0 Å². The van der Waals surface area contributed by atoms with Crippen molar-refractivity contribution in [1.29, 1.82) is 0 Å². The van der Waals surface area contributed by atoms with Gasteiger partial charge >= 0.3 is 0 Å². The van der Waals surface area contributed by atoms with Gasteiger partial charge in [0.05, 0.1) is 18.8 Å². The number of aliphatic imine (C=N–C) groups is 1. The number of benzene rings is 1. The Hall–Kier alpha value is -2.47. The summed E-state index contributed by atoms with van der Waals surface area (Å²) in [5.74, 6) is 1.88. The number of nitrogens with zero attached hydrogens (tertiary/aromatic N) is 3. The molecule has 0 spiro atoms. The standard InChI is InChI=1S/C23H35N5O/c1-4-24-23(25-14-13-19-9-11-20(12-10-19)27(2)3)26-18-21(22-8-7-17-29-22)28-15-5-6-16-28/h7-12,17,21H,4-6,13-16,18H2,1-3H3,(H2,24,25,26). The number of hydrogen-bond donors (Lipinski definition) is 2. The number of nitrogens with one attached hydrogen (secondary N) is 2. The lowest BCUT2D eigenvalue weighted by Gasteiger charge is -2.24. The minimum absolute atomic E-state index is 0.210. The molecule has 1 saturated heterocycles. The van der Waals surface area contributed by atoms with Gasteiger partial charge in [-0.3, -0.25) is 9.89 Å². The Morgan fingerprint density at radius 2 is 1.90 bits per heavy atom. The van der Waals surface area contributed by atoms with Crippen LogP contribution in [0.25, 0.3) is 0 Å². The molecule has 1 aromatic carbocycles. The molecule has 0 bridgehead atoms. The molecule has 2 heterocycles. The topological polar surface area (TPSA) is 56.0 Å². The van der Waals surface area contributed by atoms with Crippen LogP contribution in [0.1, 0.15) is 37.1 Å². The number of likely N-dealkylation sites (tertiary alicyclic amines) is 1. The molecule has 158 valence electrons. The highest BCUT2D eigenvalue weighted by atomic mass is 16.3. The second-order valence-corrected chi connectivity index (χ2v) is 7.73. The van der Waals surface area contributed by atoms with Crippen molar-refractivity contribution in [3.8, 4) is 0 Å². The second kappa shape index (κ2) is 10.9. The number of guanidine groups is 1. The van der Waals surface area contributed by atoms with E-state index in [1.807, 2.05) is 6.07 Å². The number of furan rings is 1. The van der Waals surface area contributed by atoms with E-state index in [1.165, 1.54) is 24.1 Å². The molecule has 0 saturated carbocycles. The zero-order valence-electron chi connectivity index (χ0n) is 18.0. The minimum atomic E-state index is 0.210. The summed E-state index contributed by atoms with van der Waals surface area (Å²) < 4.78 is 5.71. The highest BCUT2D eigenvalue weighted by Crippen LogP contribution is 2.25. The number of rotatable bonds is 9. The summed E-state index contributed by atoms with van der Waals surface area (Å²) in [5, 5.41) is 6.84. The van der Waals surface area contributed by atoms with Crippen molar-refractivity contribution in [2.24, 2.45) is 4.99 Å². The zero-order valence-corrected chi connectivity index (χ0v) is 18.0. The predicted octanol–water partition coefficient (Wildman–Crippen LogP) is 3.28. The first-order valence-corrected chi connectivity index (χ1v) is 10.7. The SMILES string of the molecule is CCNC(=NCC(c1ccco1)N1CCCC1)NCCc1ccc(N(C)C)cc1. The van der Waals surface area contributed by atoms with Gasteiger partial charge in [0, 0.05) is 32.9 Å². The van der Waals surface area contributed by atoms with E-state index < -0.39 is 0 Å². The van der Waals surface area contributed by atoms with Crippen molar-refractivity contribution >= 4 is 11.6 Å². The third-order valence-corrected chi connectivity index (χ3v) is 5.38. The molecule has 1 aliphatic heterocycles. The van der Waals surface area contributed by atoms with Crippen molar-refractivity contribution in [1.82, 2.24) is 15.5 Å². The molecule has 1 aromatic heterocycles. The van der Waals surface area contributed by atoms with E-state index in [9.17, 15) is 0 Å². The quantitative estimate of drug-likeness (QED) is 0.502. The van der Waals surface area contributed by atoms with Gasteiger partial charge in [0.2, 0.25) is 0 Å². The largest absolute Gasteiger partial charge is 0.468 e. The molecule has 0 aliphatic carbocycles. The van der Waals surface area contributed by atoms with Gasteiger partial charge in [0.25, 0.3) is 0 Å². The average molecular weight is 398 g/mol. The molecule has 0 radical (unpaired) electrons. The summed E-state index contributed by atoms with van der Waals surface area (Å²) in [6, 6.07) is 13.0. The van der Waals surface area contributed by atoms with Gasteiger partial charge in [-0.05, 0) is 69.1 Å². The molecule has 1 atom stereocenters. The fourth-order valence-electron chi connectivity index (χ4n) is 3.73. The van der Waals surface area contributed by atoms with Gasteiger partial charge in [-0.25, -0.2) is 0 Å². The molecule has 6 nitrogen and oxygen atoms in total. The molecule has 29 heavy (non-hydrogen) atoms. The van der Waals surface area contributed by atoms with Crippen molar-refractivity contribution < 1.29 is 4.42 Å². The van der Waals surface area contributed by atoms with Crippen LogP contribution in [0.2, 0.25) is 0 Å². The van der Waals surface area contributed by atoms with E-state index in [1.54, 1.807) is 6.26 Å². The van der Waals surface area contributed by atoms with Crippen LogP contribution in [0.5, 0.6) is 0 Å². The van der Waals surface area contributed by atoms with Crippen LogP contribution in [0.4, 0.5) is 5.69 Å². The third-order valence-electron chi connectivity index (χ3n) is 5.38. The lowest BCUT2D eigenvalue weighted by Crippen LogP contribution is -2.39. The first kappa shape index (κ1) is 21.2. The Kier molecular flexibility index (Phi) is 7.99. The average Bonchev–Trinajstić information content (AvgIpc) is 3.43. The maximum absolute atomic E-state index is 5.71. The second-order valence-electron chi connectivity index (χ2n) is 7.73. The molecule has 2 N–H and O–H groups in total. The van der Waals surface area contributed by atoms with Gasteiger partial charge in [-0.15, -0.1) is 0 Å². The molecule has 0 amide bonds. The maximum Gasteiger partial charge on any atom is 0.191 e. The van der Waals surface area contributed by atoms with Crippen LogP contribution in [0, 0.1) is 0 Å². The maximum atomic E-state index is 5.71. The molecule has 2 aromatic rings. The summed E-state index contributed by atoms with van der Waals surface area (Å²) in [7, 11) is 4.13. The van der Waals surface area contributed by atoms with E-state index in [0.717, 1.165) is 44.3 Å². The summed E-state index contributed by atoms with van der Waals surface area (Å²) in [4.78, 5) is 9.47. The van der Waals surface area contributed by atoms with E-state index in [0.29, 0.717) is 6.54 Å². The van der Waals surface area contributed by atoms with Crippen LogP contribution in [-0.4, -0.2) is 57.7 Å². The Morgan fingerprint density at radius 1 is 1.14 bits per heavy atom.